The van der Waals surface area contributed by atoms with Crippen LogP contribution in [0.25, 0.3) is 16.9 Å². The standard InChI is InChI=1S/C28H22F2N4O3/c29-18-11-10-17-23(24(18)30)20-8-5-14-31(20)19-7-2-1-6-16(19)25(17)34-22-9-3-4-13-32(22)28(37)26-27(36)21(35)12-15-33(26)34/h1-2,5-8,10-12,14-15,22,25,36H,3-4,9,13H2. The predicted molar refractivity (Wildman–Crippen MR) is 132 cm³/mol. The van der Waals surface area contributed by atoms with E-state index < -0.39 is 40.9 Å². The predicted octanol–water partition coefficient (Wildman–Crippen LogP) is 4.30. The number of nitrogens with zero attached hydrogens (tertiary/aromatic N) is 4. The Balaban J connectivity index is 1.59. The number of aromatic nitrogens is 2. The number of aromatic hydroxyl groups is 1. The van der Waals surface area contributed by atoms with Crippen molar-refractivity contribution >= 4 is 5.91 Å². The maximum Gasteiger partial charge on any atom is 0.278 e. The summed E-state index contributed by atoms with van der Waals surface area (Å²) in [5.41, 5.74) is 1.99. The van der Waals surface area contributed by atoms with Gasteiger partial charge in [0.25, 0.3) is 5.91 Å². The first-order valence-corrected chi connectivity index (χ1v) is 12.3. The fraction of sp³-hybridized carbons (Fsp3) is 0.214. The molecule has 2 unspecified atom stereocenters. The molecule has 0 saturated carbocycles. The van der Waals surface area contributed by atoms with Gasteiger partial charge in [-0.1, -0.05) is 24.3 Å². The zero-order valence-corrected chi connectivity index (χ0v) is 19.6. The van der Waals surface area contributed by atoms with Crippen LogP contribution >= 0.6 is 0 Å². The zero-order chi connectivity index (χ0) is 25.4. The maximum absolute atomic E-state index is 15.6. The molecule has 3 aliphatic rings. The third-order valence-corrected chi connectivity index (χ3v) is 7.72. The lowest BCUT2D eigenvalue weighted by atomic mass is 9.91. The normalized spacial score (nSPS) is 19.9. The van der Waals surface area contributed by atoms with Gasteiger partial charge < -0.3 is 14.6 Å². The van der Waals surface area contributed by atoms with Crippen LogP contribution in [0.15, 0.2) is 71.8 Å². The van der Waals surface area contributed by atoms with E-state index >= 15 is 4.39 Å². The lowest BCUT2D eigenvalue weighted by Crippen LogP contribution is -2.63. The van der Waals surface area contributed by atoms with Gasteiger partial charge in [0.1, 0.15) is 12.2 Å². The summed E-state index contributed by atoms with van der Waals surface area (Å²) >= 11 is 0. The highest BCUT2D eigenvalue weighted by atomic mass is 19.2. The van der Waals surface area contributed by atoms with Crippen LogP contribution in [0, 0.1) is 11.6 Å². The number of amides is 1. The Morgan fingerprint density at radius 1 is 0.892 bits per heavy atom. The molecule has 37 heavy (non-hydrogen) atoms. The van der Waals surface area contributed by atoms with Crippen LogP contribution in [-0.2, 0) is 0 Å². The second-order valence-corrected chi connectivity index (χ2v) is 9.63. The molecule has 0 radical (unpaired) electrons. The maximum atomic E-state index is 15.6. The summed E-state index contributed by atoms with van der Waals surface area (Å²) in [7, 11) is 0. The van der Waals surface area contributed by atoms with Crippen LogP contribution in [0.5, 0.6) is 5.75 Å². The molecule has 9 heteroatoms. The van der Waals surface area contributed by atoms with E-state index in [0.29, 0.717) is 24.2 Å². The molecule has 0 aliphatic carbocycles. The molecule has 1 amide bonds. The molecule has 1 N–H and O–H groups in total. The Labute approximate surface area is 210 Å². The lowest BCUT2D eigenvalue weighted by molar-refractivity contribution is 0.0463. The third-order valence-electron chi connectivity index (χ3n) is 7.72. The van der Waals surface area contributed by atoms with Gasteiger partial charge in [-0.25, -0.2) is 8.78 Å². The number of hydrogen-bond acceptors (Lipinski definition) is 4. The Bertz CT molecular complexity index is 1660. The first-order valence-electron chi connectivity index (χ1n) is 12.3. The molecule has 1 fully saturated rings. The number of halogens is 2. The minimum Gasteiger partial charge on any atom is -0.502 e. The van der Waals surface area contributed by atoms with Crippen molar-refractivity contribution < 1.29 is 18.7 Å². The number of fused-ring (bicyclic) bond motifs is 7. The van der Waals surface area contributed by atoms with Gasteiger partial charge in [0, 0.05) is 36.1 Å². The van der Waals surface area contributed by atoms with Crippen LogP contribution < -0.4 is 10.4 Å². The highest BCUT2D eigenvalue weighted by Gasteiger charge is 2.46. The summed E-state index contributed by atoms with van der Waals surface area (Å²) in [6.07, 6.45) is 5.17. The van der Waals surface area contributed by atoms with Crippen molar-refractivity contribution in [3.05, 3.63) is 106 Å². The summed E-state index contributed by atoms with van der Waals surface area (Å²) in [4.78, 5) is 27.6. The van der Waals surface area contributed by atoms with Gasteiger partial charge in [0.2, 0.25) is 5.43 Å². The second kappa shape index (κ2) is 7.80. The van der Waals surface area contributed by atoms with E-state index in [0.717, 1.165) is 30.2 Å². The Morgan fingerprint density at radius 3 is 2.59 bits per heavy atom. The molecule has 4 aromatic rings. The van der Waals surface area contributed by atoms with Gasteiger partial charge in [-0.2, -0.15) is 0 Å². The molecular weight excluding hydrogens is 478 g/mol. The van der Waals surface area contributed by atoms with E-state index in [-0.39, 0.29) is 11.3 Å². The van der Waals surface area contributed by atoms with Crippen molar-refractivity contribution in [3.8, 4) is 22.7 Å². The Morgan fingerprint density at radius 2 is 1.73 bits per heavy atom. The zero-order valence-electron chi connectivity index (χ0n) is 19.6. The monoisotopic (exact) mass is 500 g/mol. The van der Waals surface area contributed by atoms with Gasteiger partial charge in [-0.05, 0) is 49.1 Å². The van der Waals surface area contributed by atoms with Crippen molar-refractivity contribution in [2.75, 3.05) is 11.6 Å². The van der Waals surface area contributed by atoms with Crippen molar-refractivity contribution in [1.29, 1.82) is 0 Å². The average Bonchev–Trinajstić information content (AvgIpc) is 3.35. The fourth-order valence-corrected chi connectivity index (χ4v) is 6.15. The summed E-state index contributed by atoms with van der Waals surface area (Å²) in [5, 5.41) is 12.7. The van der Waals surface area contributed by atoms with Gasteiger partial charge >= 0.3 is 0 Å². The molecule has 5 heterocycles. The average molecular weight is 501 g/mol. The number of benzene rings is 2. The van der Waals surface area contributed by atoms with Gasteiger partial charge in [-0.3, -0.25) is 19.3 Å². The van der Waals surface area contributed by atoms with E-state index in [4.69, 9.17) is 0 Å². The molecule has 2 atom stereocenters. The van der Waals surface area contributed by atoms with E-state index in [2.05, 4.69) is 0 Å². The van der Waals surface area contributed by atoms with Gasteiger partial charge in [0.05, 0.1) is 11.4 Å². The van der Waals surface area contributed by atoms with Gasteiger partial charge in [-0.15, -0.1) is 0 Å². The number of hydrogen-bond donors (Lipinski definition) is 1. The molecule has 0 spiro atoms. The highest BCUT2D eigenvalue weighted by Crippen LogP contribution is 2.46. The number of carbonyl (C=O) groups excluding carboxylic acids is 1. The van der Waals surface area contributed by atoms with Gasteiger partial charge in [0.15, 0.2) is 23.1 Å². The van der Waals surface area contributed by atoms with Crippen LogP contribution in [0.1, 0.15) is 46.9 Å². The number of piperidine rings is 1. The summed E-state index contributed by atoms with van der Waals surface area (Å²) < 4.78 is 33.7. The first-order chi connectivity index (χ1) is 18.0. The number of pyridine rings is 1. The second-order valence-electron chi connectivity index (χ2n) is 9.63. The first kappa shape index (κ1) is 21.8. The lowest BCUT2D eigenvalue weighted by Gasteiger charge is -2.51. The van der Waals surface area contributed by atoms with E-state index in [9.17, 15) is 19.1 Å². The smallest absolute Gasteiger partial charge is 0.278 e. The molecule has 186 valence electrons. The van der Waals surface area contributed by atoms with Crippen LogP contribution in [0.4, 0.5) is 8.78 Å². The Hall–Kier alpha value is -4.40. The number of rotatable bonds is 1. The fourth-order valence-electron chi connectivity index (χ4n) is 6.15. The third kappa shape index (κ3) is 2.91. The van der Waals surface area contributed by atoms with E-state index in [1.54, 1.807) is 23.1 Å². The molecule has 7 nitrogen and oxygen atoms in total. The number of carbonyl (C=O) groups is 1. The van der Waals surface area contributed by atoms with Crippen molar-refractivity contribution in [2.45, 2.75) is 31.5 Å². The van der Waals surface area contributed by atoms with Crippen molar-refractivity contribution in [3.63, 3.8) is 0 Å². The van der Waals surface area contributed by atoms with Crippen molar-refractivity contribution in [2.24, 2.45) is 0 Å². The number of para-hydroxylation sites is 1. The Kier molecular flexibility index (Phi) is 4.60. The summed E-state index contributed by atoms with van der Waals surface area (Å²) in [5.74, 6) is -2.95. The molecule has 3 aliphatic heterocycles. The minimum atomic E-state index is -0.953. The molecule has 2 aromatic carbocycles. The topological polar surface area (TPSA) is 70.7 Å². The highest BCUT2D eigenvalue weighted by molar-refractivity contribution is 5.96. The quantitative estimate of drug-likeness (QED) is 0.423. The van der Waals surface area contributed by atoms with Crippen LogP contribution in [0.3, 0.4) is 0 Å². The summed E-state index contributed by atoms with van der Waals surface area (Å²) in [6.45, 7) is 0.460. The molecular formula is C28H22F2N4O3. The van der Waals surface area contributed by atoms with E-state index in [1.807, 2.05) is 40.0 Å². The summed E-state index contributed by atoms with van der Waals surface area (Å²) in [6, 6.07) is 14.4. The van der Waals surface area contributed by atoms with Crippen LogP contribution in [-0.4, -0.2) is 37.9 Å². The van der Waals surface area contributed by atoms with E-state index in [1.165, 1.54) is 16.9 Å². The molecule has 2 aromatic heterocycles. The minimum absolute atomic E-state index is 0.129. The molecule has 1 saturated heterocycles. The molecule has 0 bridgehead atoms. The molecule has 7 rings (SSSR count). The largest absolute Gasteiger partial charge is 0.502 e. The van der Waals surface area contributed by atoms with Crippen molar-refractivity contribution in [1.82, 2.24) is 14.1 Å². The van der Waals surface area contributed by atoms with Crippen LogP contribution in [0.2, 0.25) is 0 Å². The SMILES string of the molecule is O=C1c2c(O)c(=O)ccn2N(C2c3ccccc3-n3cccc3-c3c2ccc(F)c3F)C2CCCCN12.